The highest BCUT2D eigenvalue weighted by molar-refractivity contribution is 9.10. The summed E-state index contributed by atoms with van der Waals surface area (Å²) in [4.78, 5) is 12.1. The maximum absolute atomic E-state index is 12.2. The average Bonchev–Trinajstić information content (AvgIpc) is 2.53. The summed E-state index contributed by atoms with van der Waals surface area (Å²) in [6, 6.07) is 6.30. The van der Waals surface area contributed by atoms with E-state index in [1.165, 1.54) is 13.0 Å². The number of nitrogens with one attached hydrogen (secondary N) is 1. The number of halogens is 1. The molecule has 128 valence electrons. The van der Waals surface area contributed by atoms with E-state index in [1.807, 2.05) is 4.72 Å². The van der Waals surface area contributed by atoms with Crippen molar-refractivity contribution in [1.29, 1.82) is 0 Å². The van der Waals surface area contributed by atoms with Crippen LogP contribution in [0.3, 0.4) is 0 Å². The monoisotopic (exact) mass is 405 g/mol. The maximum Gasteiger partial charge on any atom is 0.265 e. The Hall–Kier alpha value is -0.960. The molecule has 0 spiro atoms. The fourth-order valence-electron chi connectivity index (χ4n) is 2.20. The lowest BCUT2D eigenvalue weighted by Crippen LogP contribution is -2.40. The molecule has 1 heterocycles. The van der Waals surface area contributed by atoms with Gasteiger partial charge in [-0.15, -0.1) is 0 Å². The molecule has 1 amide bonds. The highest BCUT2D eigenvalue weighted by atomic mass is 79.9. The fraction of sp³-hybridized carbons (Fsp3) is 0.533. The predicted octanol–water partition coefficient (Wildman–Crippen LogP) is 2.23. The Morgan fingerprint density at radius 3 is 2.83 bits per heavy atom. The largest absolute Gasteiger partial charge is 0.376 e. The summed E-state index contributed by atoms with van der Waals surface area (Å²) in [5.74, 6) is -0.698. The molecule has 0 radical (unpaired) electrons. The second kappa shape index (κ2) is 8.23. The number of rotatable bonds is 6. The number of carbonyl (C=O) groups excluding carboxylic acids is 1. The summed E-state index contributed by atoms with van der Waals surface area (Å²) in [5, 5.41) is 0. The van der Waals surface area contributed by atoms with Crippen LogP contribution in [0, 0.1) is 0 Å². The fourth-order valence-corrected chi connectivity index (χ4v) is 4.25. The highest BCUT2D eigenvalue weighted by Gasteiger charge is 2.25. The van der Waals surface area contributed by atoms with E-state index in [0.717, 1.165) is 19.3 Å². The van der Waals surface area contributed by atoms with Crippen molar-refractivity contribution in [2.45, 2.75) is 43.3 Å². The predicted molar refractivity (Wildman–Crippen MR) is 88.5 cm³/mol. The smallest absolute Gasteiger partial charge is 0.265 e. The Morgan fingerprint density at radius 2 is 2.17 bits per heavy atom. The molecule has 1 fully saturated rings. The molecule has 2 rings (SSSR count). The van der Waals surface area contributed by atoms with Gasteiger partial charge in [-0.05, 0) is 54.2 Å². The Morgan fingerprint density at radius 1 is 1.43 bits per heavy atom. The first-order chi connectivity index (χ1) is 10.9. The van der Waals surface area contributed by atoms with E-state index in [1.54, 1.807) is 18.2 Å². The molecule has 23 heavy (non-hydrogen) atoms. The Balaban J connectivity index is 1.91. The van der Waals surface area contributed by atoms with Gasteiger partial charge in [0.25, 0.3) is 15.9 Å². The number of benzene rings is 1. The van der Waals surface area contributed by atoms with Crippen LogP contribution >= 0.6 is 15.9 Å². The molecule has 0 aromatic heterocycles. The van der Waals surface area contributed by atoms with Gasteiger partial charge in [-0.2, -0.15) is 0 Å². The number of amides is 1. The molecule has 1 saturated heterocycles. The summed E-state index contributed by atoms with van der Waals surface area (Å²) in [6.45, 7) is 2.50. The molecule has 2 atom stereocenters. The third kappa shape index (κ3) is 5.27. The minimum Gasteiger partial charge on any atom is -0.376 e. The van der Waals surface area contributed by atoms with E-state index in [4.69, 9.17) is 9.47 Å². The highest BCUT2D eigenvalue weighted by Crippen LogP contribution is 2.21. The van der Waals surface area contributed by atoms with E-state index in [9.17, 15) is 13.2 Å². The summed E-state index contributed by atoms with van der Waals surface area (Å²) in [5.41, 5.74) is 0. The summed E-state index contributed by atoms with van der Waals surface area (Å²) in [6.07, 6.45) is 2.10. The van der Waals surface area contributed by atoms with Crippen molar-refractivity contribution < 1.29 is 22.7 Å². The number of hydrogen-bond donors (Lipinski definition) is 1. The van der Waals surface area contributed by atoms with Crippen LogP contribution in [0.1, 0.15) is 26.2 Å². The standard InChI is InChI=1S/C15H20BrNO5S/c1-11(22-10-12-6-4-5-9-21-12)15(18)17-23(19,20)14-8-3-2-7-13(14)16/h2-3,7-8,11-12H,4-6,9-10H2,1H3,(H,17,18)/t11-,12-/m1/s1. The minimum atomic E-state index is -3.94. The van der Waals surface area contributed by atoms with Gasteiger partial charge in [0.05, 0.1) is 12.7 Å². The van der Waals surface area contributed by atoms with Gasteiger partial charge in [0.2, 0.25) is 0 Å². The zero-order chi connectivity index (χ0) is 16.9. The minimum absolute atomic E-state index is 0.0103. The molecular formula is C15H20BrNO5S. The molecule has 6 nitrogen and oxygen atoms in total. The lowest BCUT2D eigenvalue weighted by molar-refractivity contribution is -0.133. The SMILES string of the molecule is C[C@@H](OC[C@H]1CCCCO1)C(=O)NS(=O)(=O)c1ccccc1Br. The summed E-state index contributed by atoms with van der Waals surface area (Å²) >= 11 is 3.16. The van der Waals surface area contributed by atoms with Crippen LogP contribution < -0.4 is 4.72 Å². The van der Waals surface area contributed by atoms with Crippen LogP contribution in [-0.2, 0) is 24.3 Å². The van der Waals surface area contributed by atoms with Crippen molar-refractivity contribution in [3.8, 4) is 0 Å². The maximum atomic E-state index is 12.2. The molecule has 1 aromatic carbocycles. The van der Waals surface area contributed by atoms with Gasteiger partial charge in [-0.1, -0.05) is 12.1 Å². The number of ether oxygens (including phenoxy) is 2. The first-order valence-corrected chi connectivity index (χ1v) is 9.72. The van der Waals surface area contributed by atoms with Crippen molar-refractivity contribution in [3.05, 3.63) is 28.7 Å². The quantitative estimate of drug-likeness (QED) is 0.784. The van der Waals surface area contributed by atoms with Crippen molar-refractivity contribution in [2.75, 3.05) is 13.2 Å². The van der Waals surface area contributed by atoms with Crippen LogP contribution in [0.2, 0.25) is 0 Å². The first-order valence-electron chi connectivity index (χ1n) is 7.44. The summed E-state index contributed by atoms with van der Waals surface area (Å²) < 4.78 is 37.8. The number of sulfonamides is 1. The van der Waals surface area contributed by atoms with Gasteiger partial charge in [0.15, 0.2) is 0 Å². The molecule has 0 unspecified atom stereocenters. The van der Waals surface area contributed by atoms with E-state index < -0.39 is 22.0 Å². The van der Waals surface area contributed by atoms with E-state index in [2.05, 4.69) is 15.9 Å². The van der Waals surface area contributed by atoms with Gasteiger partial charge < -0.3 is 9.47 Å². The van der Waals surface area contributed by atoms with Crippen LogP contribution in [0.4, 0.5) is 0 Å². The van der Waals surface area contributed by atoms with Gasteiger partial charge in [-0.25, -0.2) is 13.1 Å². The van der Waals surface area contributed by atoms with Crippen molar-refractivity contribution in [2.24, 2.45) is 0 Å². The van der Waals surface area contributed by atoms with Crippen molar-refractivity contribution in [3.63, 3.8) is 0 Å². The van der Waals surface area contributed by atoms with E-state index in [-0.39, 0.29) is 17.6 Å². The topological polar surface area (TPSA) is 81.7 Å². The lowest BCUT2D eigenvalue weighted by atomic mass is 10.1. The van der Waals surface area contributed by atoms with Crippen molar-refractivity contribution >= 4 is 31.9 Å². The Labute approximate surface area is 144 Å². The Bertz CT molecular complexity index is 643. The third-order valence-corrected chi connectivity index (χ3v) is 5.90. The molecule has 1 N–H and O–H groups in total. The second-order valence-corrected chi connectivity index (χ2v) is 7.87. The van der Waals surface area contributed by atoms with Gasteiger partial charge >= 0.3 is 0 Å². The van der Waals surface area contributed by atoms with E-state index in [0.29, 0.717) is 11.1 Å². The molecule has 1 aliphatic rings. The summed E-state index contributed by atoms with van der Waals surface area (Å²) in [7, 11) is -3.94. The van der Waals surface area contributed by atoms with Crippen LogP contribution in [0.5, 0.6) is 0 Å². The number of carbonyl (C=O) groups is 1. The van der Waals surface area contributed by atoms with Gasteiger partial charge in [0.1, 0.15) is 11.0 Å². The molecule has 1 aliphatic heterocycles. The molecular weight excluding hydrogens is 386 g/mol. The number of hydrogen-bond acceptors (Lipinski definition) is 5. The van der Waals surface area contributed by atoms with Crippen molar-refractivity contribution in [1.82, 2.24) is 4.72 Å². The molecule has 8 heteroatoms. The van der Waals surface area contributed by atoms with E-state index >= 15 is 0 Å². The second-order valence-electron chi connectivity index (χ2n) is 5.36. The van der Waals surface area contributed by atoms with Gasteiger partial charge in [0, 0.05) is 11.1 Å². The molecule has 0 saturated carbocycles. The van der Waals surface area contributed by atoms with Crippen LogP contribution in [0.25, 0.3) is 0 Å². The Kier molecular flexibility index (Phi) is 6.58. The lowest BCUT2D eigenvalue weighted by Gasteiger charge is -2.23. The molecule has 0 aliphatic carbocycles. The van der Waals surface area contributed by atoms with Crippen LogP contribution in [-0.4, -0.2) is 39.7 Å². The zero-order valence-corrected chi connectivity index (χ0v) is 15.2. The normalized spacial score (nSPS) is 20.0. The average molecular weight is 406 g/mol. The molecule has 1 aromatic rings. The van der Waals surface area contributed by atoms with Gasteiger partial charge in [-0.3, -0.25) is 4.79 Å². The zero-order valence-electron chi connectivity index (χ0n) is 12.8. The first kappa shape index (κ1) is 18.4. The molecule has 0 bridgehead atoms. The van der Waals surface area contributed by atoms with Crippen LogP contribution in [0.15, 0.2) is 33.6 Å². The third-order valence-electron chi connectivity index (χ3n) is 3.54.